The Morgan fingerprint density at radius 2 is 1.83 bits per heavy atom. The third-order valence-corrected chi connectivity index (χ3v) is 5.64. The van der Waals surface area contributed by atoms with Crippen LogP contribution in [0.2, 0.25) is 0 Å². The zero-order chi connectivity index (χ0) is 12.8. The van der Waals surface area contributed by atoms with E-state index in [0.29, 0.717) is 31.7 Å². The van der Waals surface area contributed by atoms with E-state index in [1.807, 2.05) is 18.2 Å². The van der Waals surface area contributed by atoms with Gasteiger partial charge in [0.05, 0.1) is 5.69 Å². The Hall–Kier alpha value is -1.27. The first-order chi connectivity index (χ1) is 8.60. The van der Waals surface area contributed by atoms with Crippen LogP contribution in [0.4, 0.5) is 11.4 Å². The summed E-state index contributed by atoms with van der Waals surface area (Å²) in [6.07, 6.45) is 2.61. The lowest BCUT2D eigenvalue weighted by atomic mass is 10.1. The number of nitrogens with zero attached hydrogens (tertiary/aromatic N) is 2. The van der Waals surface area contributed by atoms with Crippen LogP contribution in [0.1, 0.15) is 18.4 Å². The third-order valence-electron chi connectivity index (χ3n) is 3.69. The van der Waals surface area contributed by atoms with Gasteiger partial charge in [0.1, 0.15) is 0 Å². The molecule has 2 heterocycles. The summed E-state index contributed by atoms with van der Waals surface area (Å²) >= 11 is 0. The first-order valence-corrected chi connectivity index (χ1v) is 7.65. The second-order valence-corrected chi connectivity index (χ2v) is 6.63. The maximum atomic E-state index is 12.5. The monoisotopic (exact) mass is 267 g/mol. The summed E-state index contributed by atoms with van der Waals surface area (Å²) in [5.41, 5.74) is 8.29. The maximum absolute atomic E-state index is 12.5. The molecule has 0 aromatic heterocycles. The molecule has 0 radical (unpaired) electrons. The highest BCUT2D eigenvalue weighted by molar-refractivity contribution is 7.90. The molecule has 1 fully saturated rings. The lowest BCUT2D eigenvalue weighted by Gasteiger charge is -2.25. The quantitative estimate of drug-likeness (QED) is 0.812. The standard InChI is InChI=1S/C12H17N3O2S/c13-11-4-3-5-12-10(11)6-9-15(12)18(16,17)14-7-1-2-8-14/h3-5H,1-2,6-9,13H2. The van der Waals surface area contributed by atoms with Crippen molar-refractivity contribution in [2.75, 3.05) is 29.7 Å². The Labute approximate surface area is 107 Å². The van der Waals surface area contributed by atoms with Crippen molar-refractivity contribution in [3.63, 3.8) is 0 Å². The molecule has 0 amide bonds. The molecule has 0 bridgehead atoms. The average molecular weight is 267 g/mol. The fourth-order valence-electron chi connectivity index (χ4n) is 2.73. The van der Waals surface area contributed by atoms with Crippen molar-refractivity contribution in [2.24, 2.45) is 0 Å². The van der Waals surface area contributed by atoms with Crippen molar-refractivity contribution < 1.29 is 8.42 Å². The van der Waals surface area contributed by atoms with Crippen LogP contribution < -0.4 is 10.0 Å². The molecule has 0 spiro atoms. The summed E-state index contributed by atoms with van der Waals surface area (Å²) in [5, 5.41) is 0. The third kappa shape index (κ3) is 1.67. The van der Waals surface area contributed by atoms with Crippen molar-refractivity contribution in [1.82, 2.24) is 4.31 Å². The Bertz CT molecular complexity index is 565. The van der Waals surface area contributed by atoms with E-state index >= 15 is 0 Å². The molecule has 5 nitrogen and oxygen atoms in total. The molecular formula is C12H17N3O2S. The van der Waals surface area contributed by atoms with Gasteiger partial charge in [-0.3, -0.25) is 4.31 Å². The molecular weight excluding hydrogens is 250 g/mol. The second kappa shape index (κ2) is 4.13. The van der Waals surface area contributed by atoms with E-state index < -0.39 is 10.2 Å². The molecule has 2 aliphatic rings. The zero-order valence-corrected chi connectivity index (χ0v) is 11.0. The summed E-state index contributed by atoms with van der Waals surface area (Å²) in [5.74, 6) is 0. The molecule has 2 N–H and O–H groups in total. The fourth-order valence-corrected chi connectivity index (χ4v) is 4.47. The lowest BCUT2D eigenvalue weighted by molar-refractivity contribution is 0.474. The molecule has 1 aromatic carbocycles. The number of nitrogen functional groups attached to an aromatic ring is 1. The van der Waals surface area contributed by atoms with Crippen LogP contribution >= 0.6 is 0 Å². The number of anilines is 2. The van der Waals surface area contributed by atoms with Gasteiger partial charge in [-0.25, -0.2) is 0 Å². The highest BCUT2D eigenvalue weighted by atomic mass is 32.2. The van der Waals surface area contributed by atoms with Gasteiger partial charge in [0.2, 0.25) is 0 Å². The molecule has 3 rings (SSSR count). The van der Waals surface area contributed by atoms with Gasteiger partial charge in [0.15, 0.2) is 0 Å². The largest absolute Gasteiger partial charge is 0.398 e. The predicted octanol–water partition coefficient (Wildman–Crippen LogP) is 0.972. The van der Waals surface area contributed by atoms with E-state index in [9.17, 15) is 8.42 Å². The molecule has 0 unspecified atom stereocenters. The molecule has 6 heteroatoms. The molecule has 1 saturated heterocycles. The van der Waals surface area contributed by atoms with E-state index in [-0.39, 0.29) is 0 Å². The van der Waals surface area contributed by atoms with Crippen molar-refractivity contribution in [3.8, 4) is 0 Å². The first kappa shape index (κ1) is 11.8. The molecule has 2 aliphatic heterocycles. The van der Waals surface area contributed by atoms with Crippen LogP contribution in [0.15, 0.2) is 18.2 Å². The van der Waals surface area contributed by atoms with E-state index in [1.165, 1.54) is 4.31 Å². The first-order valence-electron chi connectivity index (χ1n) is 6.26. The van der Waals surface area contributed by atoms with Crippen molar-refractivity contribution >= 4 is 21.6 Å². The number of nitrogens with two attached hydrogens (primary N) is 1. The van der Waals surface area contributed by atoms with Crippen LogP contribution in [0, 0.1) is 0 Å². The smallest absolute Gasteiger partial charge is 0.304 e. The Morgan fingerprint density at radius 3 is 2.56 bits per heavy atom. The summed E-state index contributed by atoms with van der Waals surface area (Å²) in [7, 11) is -3.36. The average Bonchev–Trinajstić information content (AvgIpc) is 2.99. The van der Waals surface area contributed by atoms with Gasteiger partial charge in [-0.15, -0.1) is 0 Å². The summed E-state index contributed by atoms with van der Waals surface area (Å²) in [4.78, 5) is 0. The SMILES string of the molecule is Nc1cccc2c1CCN2S(=O)(=O)N1CCCC1. The second-order valence-electron chi connectivity index (χ2n) is 4.78. The topological polar surface area (TPSA) is 66.6 Å². The Balaban J connectivity index is 1.99. The minimum atomic E-state index is -3.36. The van der Waals surface area contributed by atoms with Gasteiger partial charge in [-0.1, -0.05) is 6.07 Å². The summed E-state index contributed by atoms with van der Waals surface area (Å²) in [6.45, 7) is 1.77. The minimum absolute atomic E-state index is 0.502. The van der Waals surface area contributed by atoms with E-state index in [1.54, 1.807) is 4.31 Å². The number of benzene rings is 1. The van der Waals surface area contributed by atoms with Gasteiger partial charge in [0.25, 0.3) is 0 Å². The van der Waals surface area contributed by atoms with E-state index in [2.05, 4.69) is 0 Å². The van der Waals surface area contributed by atoms with Gasteiger partial charge >= 0.3 is 10.2 Å². The van der Waals surface area contributed by atoms with Gasteiger partial charge < -0.3 is 5.73 Å². The van der Waals surface area contributed by atoms with E-state index in [0.717, 1.165) is 24.1 Å². The molecule has 98 valence electrons. The van der Waals surface area contributed by atoms with Crippen LogP contribution in [0.5, 0.6) is 0 Å². The van der Waals surface area contributed by atoms with Crippen molar-refractivity contribution in [1.29, 1.82) is 0 Å². The molecule has 1 aromatic rings. The van der Waals surface area contributed by atoms with Crippen molar-refractivity contribution in [2.45, 2.75) is 19.3 Å². The Morgan fingerprint density at radius 1 is 1.11 bits per heavy atom. The number of hydrogen-bond acceptors (Lipinski definition) is 3. The highest BCUT2D eigenvalue weighted by Crippen LogP contribution is 2.35. The summed E-state index contributed by atoms with van der Waals surface area (Å²) in [6, 6.07) is 5.48. The van der Waals surface area contributed by atoms with Crippen LogP contribution in [-0.2, 0) is 16.6 Å². The van der Waals surface area contributed by atoms with Gasteiger partial charge in [-0.2, -0.15) is 12.7 Å². The van der Waals surface area contributed by atoms with E-state index in [4.69, 9.17) is 5.73 Å². The number of fused-ring (bicyclic) bond motifs is 1. The van der Waals surface area contributed by atoms with Crippen LogP contribution in [0.25, 0.3) is 0 Å². The van der Waals surface area contributed by atoms with Crippen LogP contribution in [-0.4, -0.2) is 32.4 Å². The van der Waals surface area contributed by atoms with Crippen LogP contribution in [0.3, 0.4) is 0 Å². The molecule has 0 aliphatic carbocycles. The minimum Gasteiger partial charge on any atom is -0.398 e. The molecule has 0 atom stereocenters. The normalized spacial score (nSPS) is 20.3. The highest BCUT2D eigenvalue weighted by Gasteiger charge is 2.35. The predicted molar refractivity (Wildman–Crippen MR) is 71.6 cm³/mol. The number of rotatable bonds is 2. The fraction of sp³-hybridized carbons (Fsp3) is 0.500. The Kier molecular flexibility index (Phi) is 2.71. The molecule has 18 heavy (non-hydrogen) atoms. The number of hydrogen-bond donors (Lipinski definition) is 1. The van der Waals surface area contributed by atoms with Gasteiger partial charge in [-0.05, 0) is 31.4 Å². The van der Waals surface area contributed by atoms with Crippen molar-refractivity contribution in [3.05, 3.63) is 23.8 Å². The zero-order valence-electron chi connectivity index (χ0n) is 10.2. The summed E-state index contributed by atoms with van der Waals surface area (Å²) < 4.78 is 28.1. The molecule has 0 saturated carbocycles. The lowest BCUT2D eigenvalue weighted by Crippen LogP contribution is -2.41. The maximum Gasteiger partial charge on any atom is 0.304 e. The van der Waals surface area contributed by atoms with Gasteiger partial charge in [0, 0.05) is 30.9 Å².